The molecule has 0 radical (unpaired) electrons. The van der Waals surface area contributed by atoms with Crippen LogP contribution in [0.5, 0.6) is 0 Å². The maximum absolute atomic E-state index is 12.5. The predicted molar refractivity (Wildman–Crippen MR) is 273 cm³/mol. The molecule has 0 aliphatic rings. The first kappa shape index (κ1) is 60.3. The van der Waals surface area contributed by atoms with Gasteiger partial charge in [0.1, 0.15) is 6.10 Å². The van der Waals surface area contributed by atoms with E-state index in [9.17, 15) is 20.1 Å². The van der Waals surface area contributed by atoms with Gasteiger partial charge in [0.05, 0.1) is 18.8 Å². The molecule has 0 saturated heterocycles. The highest BCUT2D eigenvalue weighted by Gasteiger charge is 2.22. The van der Waals surface area contributed by atoms with Gasteiger partial charge in [-0.25, -0.2) is 0 Å². The van der Waals surface area contributed by atoms with E-state index in [1.165, 1.54) is 218 Å². The number of rotatable bonds is 50. The van der Waals surface area contributed by atoms with Gasteiger partial charge in [-0.05, 0) is 70.6 Å². The van der Waals surface area contributed by atoms with Gasteiger partial charge in [0.25, 0.3) is 0 Å². The molecule has 3 atom stereocenters. The van der Waals surface area contributed by atoms with Crippen LogP contribution in [0.25, 0.3) is 0 Å². The fourth-order valence-electron chi connectivity index (χ4n) is 8.33. The molecule has 0 aromatic carbocycles. The largest absolute Gasteiger partial charge is 0.394 e. The molecule has 0 spiro atoms. The first-order chi connectivity index (χ1) is 30.6. The number of allylic oxidation sites excluding steroid dienone is 7. The zero-order valence-electron chi connectivity index (χ0n) is 41.5. The average Bonchev–Trinajstić information content (AvgIpc) is 3.28. The van der Waals surface area contributed by atoms with Crippen molar-refractivity contribution in [2.24, 2.45) is 0 Å². The van der Waals surface area contributed by atoms with Crippen LogP contribution in [0.3, 0.4) is 0 Å². The number of hydrogen-bond donors (Lipinski definition) is 4. The topological polar surface area (TPSA) is 89.8 Å². The van der Waals surface area contributed by atoms with Gasteiger partial charge in [-0.3, -0.25) is 4.79 Å². The third-order valence-electron chi connectivity index (χ3n) is 12.6. The van der Waals surface area contributed by atoms with Crippen LogP contribution in [-0.2, 0) is 4.79 Å². The number of hydrogen-bond acceptors (Lipinski definition) is 4. The van der Waals surface area contributed by atoms with Crippen molar-refractivity contribution < 1.29 is 20.1 Å². The Kier molecular flexibility index (Phi) is 50.5. The van der Waals surface area contributed by atoms with Gasteiger partial charge in [-0.1, -0.05) is 262 Å². The SMILES string of the molecule is CCCCCC/C=C/CC/C=C/CC/C=C/C(O)C(CO)NC(=O)C(O)CCCCCCCCCCCCCCCCCC/C=C\CCCCCCCCCCCCCCCC. The van der Waals surface area contributed by atoms with Gasteiger partial charge in [-0.2, -0.15) is 0 Å². The number of nitrogens with one attached hydrogen (secondary N) is 1. The lowest BCUT2D eigenvalue weighted by Crippen LogP contribution is -2.48. The Morgan fingerprint density at radius 1 is 0.387 bits per heavy atom. The van der Waals surface area contributed by atoms with Crippen LogP contribution in [0, 0.1) is 0 Å². The summed E-state index contributed by atoms with van der Waals surface area (Å²) in [6.07, 6.45) is 69.1. The lowest BCUT2D eigenvalue weighted by molar-refractivity contribution is -0.131. The summed E-state index contributed by atoms with van der Waals surface area (Å²) in [5, 5.41) is 33.2. The molecular weight excluding hydrogens is 763 g/mol. The van der Waals surface area contributed by atoms with Crippen LogP contribution in [0.2, 0.25) is 0 Å². The summed E-state index contributed by atoms with van der Waals surface area (Å²) in [4.78, 5) is 12.5. The van der Waals surface area contributed by atoms with Gasteiger partial charge in [0, 0.05) is 0 Å². The van der Waals surface area contributed by atoms with Crippen LogP contribution in [0.1, 0.15) is 284 Å². The minimum absolute atomic E-state index is 0.381. The van der Waals surface area contributed by atoms with Crippen LogP contribution in [0.4, 0.5) is 0 Å². The van der Waals surface area contributed by atoms with Crippen LogP contribution >= 0.6 is 0 Å². The minimum atomic E-state index is -1.11. The molecule has 4 N–H and O–H groups in total. The summed E-state index contributed by atoms with van der Waals surface area (Å²) in [7, 11) is 0. The molecule has 5 heteroatoms. The van der Waals surface area contributed by atoms with E-state index in [-0.39, 0.29) is 6.61 Å². The molecule has 0 bridgehead atoms. The summed E-state index contributed by atoms with van der Waals surface area (Å²) in [5.74, 6) is -0.516. The van der Waals surface area contributed by atoms with Crippen molar-refractivity contribution in [1.82, 2.24) is 5.32 Å². The van der Waals surface area contributed by atoms with Crippen LogP contribution in [0.15, 0.2) is 48.6 Å². The van der Waals surface area contributed by atoms with Crippen molar-refractivity contribution in [2.45, 2.75) is 302 Å². The van der Waals surface area contributed by atoms with E-state index in [1.54, 1.807) is 6.08 Å². The highest BCUT2D eigenvalue weighted by atomic mass is 16.3. The van der Waals surface area contributed by atoms with Gasteiger partial charge in [-0.15, -0.1) is 0 Å². The Balaban J connectivity index is 3.52. The standard InChI is InChI=1S/C57H107NO4/c1-3-5-7-9-11-13-15-17-19-20-21-22-23-24-25-26-27-28-29-30-31-32-33-34-35-36-37-38-40-42-44-46-48-50-52-56(61)57(62)58-54(53-59)55(60)51-49-47-45-43-41-39-18-16-14-12-10-8-6-4-2/h14,16,26-27,41,43,49,51,54-56,59-61H,3-13,15,17-25,28-40,42,44-48,50,52-53H2,1-2H3,(H,58,62)/b16-14+,27-26-,43-41+,51-49+. The second-order valence-electron chi connectivity index (χ2n) is 18.8. The van der Waals surface area contributed by atoms with E-state index in [4.69, 9.17) is 0 Å². The summed E-state index contributed by atoms with van der Waals surface area (Å²) in [5.41, 5.74) is 0. The zero-order valence-corrected chi connectivity index (χ0v) is 41.5. The van der Waals surface area contributed by atoms with E-state index in [1.807, 2.05) is 6.08 Å². The normalized spacial score (nSPS) is 13.7. The number of carbonyl (C=O) groups is 1. The molecule has 5 nitrogen and oxygen atoms in total. The van der Waals surface area contributed by atoms with Crippen molar-refractivity contribution in [3.63, 3.8) is 0 Å². The molecule has 3 unspecified atom stereocenters. The third kappa shape index (κ3) is 46.3. The van der Waals surface area contributed by atoms with Crippen molar-refractivity contribution in [1.29, 1.82) is 0 Å². The number of carbonyl (C=O) groups excluding carboxylic acids is 1. The molecular formula is C57H107NO4. The fraction of sp³-hybridized carbons (Fsp3) is 0.842. The number of aliphatic hydroxyl groups excluding tert-OH is 3. The first-order valence-corrected chi connectivity index (χ1v) is 27.5. The molecule has 62 heavy (non-hydrogen) atoms. The van der Waals surface area contributed by atoms with E-state index < -0.39 is 24.2 Å². The van der Waals surface area contributed by atoms with Gasteiger partial charge in [0.2, 0.25) is 5.91 Å². The average molecular weight is 870 g/mol. The molecule has 0 aliphatic heterocycles. The third-order valence-corrected chi connectivity index (χ3v) is 12.6. The number of unbranched alkanes of at least 4 members (excludes halogenated alkanes) is 36. The highest BCUT2D eigenvalue weighted by molar-refractivity contribution is 5.80. The molecule has 1 amide bonds. The summed E-state index contributed by atoms with van der Waals surface area (Å²) < 4.78 is 0. The lowest BCUT2D eigenvalue weighted by Gasteiger charge is -2.21. The predicted octanol–water partition coefficient (Wildman–Crippen LogP) is 16.8. The van der Waals surface area contributed by atoms with Crippen molar-refractivity contribution in [2.75, 3.05) is 6.61 Å². The maximum atomic E-state index is 12.5. The molecule has 0 saturated carbocycles. The second kappa shape index (κ2) is 51.9. The molecule has 0 rings (SSSR count). The fourth-order valence-corrected chi connectivity index (χ4v) is 8.33. The molecule has 0 fully saturated rings. The molecule has 0 heterocycles. The Bertz CT molecular complexity index is 1000. The zero-order chi connectivity index (χ0) is 45.1. The molecule has 0 aromatic rings. The van der Waals surface area contributed by atoms with Crippen LogP contribution in [-0.4, -0.2) is 46.1 Å². The Morgan fingerprint density at radius 2 is 0.661 bits per heavy atom. The van der Waals surface area contributed by atoms with Gasteiger partial charge < -0.3 is 20.6 Å². The van der Waals surface area contributed by atoms with Gasteiger partial charge in [0.15, 0.2) is 0 Å². The smallest absolute Gasteiger partial charge is 0.249 e. The van der Waals surface area contributed by atoms with Crippen molar-refractivity contribution in [3.05, 3.63) is 48.6 Å². The monoisotopic (exact) mass is 870 g/mol. The van der Waals surface area contributed by atoms with E-state index in [0.717, 1.165) is 44.9 Å². The maximum Gasteiger partial charge on any atom is 0.249 e. The molecule has 364 valence electrons. The van der Waals surface area contributed by atoms with E-state index in [0.29, 0.717) is 6.42 Å². The summed E-state index contributed by atoms with van der Waals surface area (Å²) in [6.45, 7) is 4.16. The Morgan fingerprint density at radius 3 is 1.00 bits per heavy atom. The quantitative estimate of drug-likeness (QED) is 0.0362. The number of aliphatic hydroxyl groups is 3. The Hall–Kier alpha value is -1.69. The first-order valence-electron chi connectivity index (χ1n) is 27.5. The van der Waals surface area contributed by atoms with E-state index >= 15 is 0 Å². The van der Waals surface area contributed by atoms with Crippen molar-refractivity contribution in [3.8, 4) is 0 Å². The summed E-state index contributed by atoms with van der Waals surface area (Å²) in [6, 6.07) is -0.821. The number of amides is 1. The highest BCUT2D eigenvalue weighted by Crippen LogP contribution is 2.17. The van der Waals surface area contributed by atoms with Crippen LogP contribution < -0.4 is 5.32 Å². The Labute approximate surface area is 387 Å². The van der Waals surface area contributed by atoms with Gasteiger partial charge >= 0.3 is 0 Å². The minimum Gasteiger partial charge on any atom is -0.394 e. The van der Waals surface area contributed by atoms with Crippen molar-refractivity contribution >= 4 is 5.91 Å². The van der Waals surface area contributed by atoms with E-state index in [2.05, 4.69) is 55.6 Å². The molecule has 0 aliphatic carbocycles. The second-order valence-corrected chi connectivity index (χ2v) is 18.8. The summed E-state index contributed by atoms with van der Waals surface area (Å²) >= 11 is 0. The lowest BCUT2D eigenvalue weighted by atomic mass is 10.0. The molecule has 0 aromatic heterocycles.